The summed E-state index contributed by atoms with van der Waals surface area (Å²) in [5, 5.41) is 17.4. The summed E-state index contributed by atoms with van der Waals surface area (Å²) < 4.78 is 0. The molecular weight excluding hydrogens is 250 g/mol. The van der Waals surface area contributed by atoms with Crippen LogP contribution in [0.3, 0.4) is 0 Å². The van der Waals surface area contributed by atoms with E-state index in [9.17, 15) is 0 Å². The molecule has 0 bridgehead atoms. The Labute approximate surface area is 119 Å². The molecule has 0 saturated carbocycles. The fourth-order valence-corrected chi connectivity index (χ4v) is 2.28. The van der Waals surface area contributed by atoms with Crippen LogP contribution in [0, 0.1) is 0 Å². The lowest BCUT2D eigenvalue weighted by Gasteiger charge is -2.08. The van der Waals surface area contributed by atoms with Gasteiger partial charge in [0.2, 0.25) is 0 Å². The van der Waals surface area contributed by atoms with E-state index in [0.717, 1.165) is 25.9 Å². The van der Waals surface area contributed by atoms with E-state index in [1.54, 1.807) is 0 Å². The van der Waals surface area contributed by atoms with E-state index in [2.05, 4.69) is 52.9 Å². The lowest BCUT2D eigenvalue weighted by Crippen LogP contribution is -2.16. The van der Waals surface area contributed by atoms with Crippen LogP contribution in [0.15, 0.2) is 47.6 Å². The monoisotopic (exact) mass is 271 g/mol. The predicted molar refractivity (Wildman–Crippen MR) is 82.9 cm³/mol. The second-order valence-electron chi connectivity index (χ2n) is 4.86. The third-order valence-corrected chi connectivity index (χ3v) is 3.36. The van der Waals surface area contributed by atoms with Crippen molar-refractivity contribution in [2.75, 3.05) is 6.54 Å². The fourth-order valence-electron chi connectivity index (χ4n) is 2.28. The highest BCUT2D eigenvalue weighted by molar-refractivity contribution is 5.85. The number of unbranched alkanes of at least 4 members (excludes halogenated alkanes) is 1. The third kappa shape index (κ3) is 3.96. The van der Waals surface area contributed by atoms with Crippen molar-refractivity contribution in [1.82, 2.24) is 5.32 Å². The molecule has 0 heterocycles. The van der Waals surface area contributed by atoms with Gasteiger partial charge in [-0.1, -0.05) is 47.6 Å². The van der Waals surface area contributed by atoms with E-state index in [0.29, 0.717) is 12.3 Å². The van der Waals surface area contributed by atoms with E-state index < -0.39 is 0 Å². The number of oxime groups is 1. The van der Waals surface area contributed by atoms with Crippen LogP contribution in [0.2, 0.25) is 0 Å². The maximum Gasteiger partial charge on any atom is 0.139 e. The van der Waals surface area contributed by atoms with E-state index >= 15 is 0 Å². The highest BCUT2D eigenvalue weighted by Gasteiger charge is 1.99. The van der Waals surface area contributed by atoms with Crippen LogP contribution >= 0.6 is 0 Å². The lowest BCUT2D eigenvalue weighted by molar-refractivity contribution is 0.316. The first kappa shape index (κ1) is 14.3. The van der Waals surface area contributed by atoms with Crippen LogP contribution in [-0.2, 0) is 6.54 Å². The number of nitrogens with two attached hydrogens (primary N) is 1. The van der Waals surface area contributed by atoms with Gasteiger partial charge in [0.1, 0.15) is 5.84 Å². The molecule has 4 heteroatoms. The van der Waals surface area contributed by atoms with Crippen molar-refractivity contribution in [2.45, 2.75) is 25.8 Å². The van der Waals surface area contributed by atoms with Gasteiger partial charge in [0, 0.05) is 13.0 Å². The largest absolute Gasteiger partial charge is 0.409 e. The van der Waals surface area contributed by atoms with Crippen molar-refractivity contribution >= 4 is 16.6 Å². The van der Waals surface area contributed by atoms with Gasteiger partial charge in [0.05, 0.1) is 0 Å². The topological polar surface area (TPSA) is 70.6 Å². The van der Waals surface area contributed by atoms with Crippen molar-refractivity contribution in [2.24, 2.45) is 10.9 Å². The zero-order chi connectivity index (χ0) is 14.2. The smallest absolute Gasteiger partial charge is 0.139 e. The first-order chi connectivity index (χ1) is 9.81. The summed E-state index contributed by atoms with van der Waals surface area (Å²) in [5.41, 5.74) is 6.74. The maximum absolute atomic E-state index is 8.43. The average Bonchev–Trinajstić information content (AvgIpc) is 2.50. The van der Waals surface area contributed by atoms with Crippen LogP contribution in [0.5, 0.6) is 0 Å². The fraction of sp³-hybridized carbons (Fsp3) is 0.312. The van der Waals surface area contributed by atoms with Gasteiger partial charge in [-0.15, -0.1) is 0 Å². The van der Waals surface area contributed by atoms with Gasteiger partial charge in [0.25, 0.3) is 0 Å². The zero-order valence-corrected chi connectivity index (χ0v) is 11.5. The predicted octanol–water partition coefficient (Wildman–Crippen LogP) is 2.85. The number of hydrogen-bond acceptors (Lipinski definition) is 3. The van der Waals surface area contributed by atoms with E-state index in [4.69, 9.17) is 10.9 Å². The minimum absolute atomic E-state index is 0.305. The molecule has 0 saturated heterocycles. The Morgan fingerprint density at radius 1 is 1.10 bits per heavy atom. The molecule has 4 nitrogen and oxygen atoms in total. The number of hydrogen-bond donors (Lipinski definition) is 3. The Hall–Kier alpha value is -2.07. The molecule has 0 aliphatic heterocycles. The van der Waals surface area contributed by atoms with Crippen LogP contribution < -0.4 is 11.1 Å². The van der Waals surface area contributed by atoms with Crippen LogP contribution in [0.1, 0.15) is 24.8 Å². The highest BCUT2D eigenvalue weighted by atomic mass is 16.4. The van der Waals surface area contributed by atoms with Crippen molar-refractivity contribution < 1.29 is 5.21 Å². The molecular formula is C16H21N3O. The number of rotatable bonds is 7. The van der Waals surface area contributed by atoms with Crippen LogP contribution in [-0.4, -0.2) is 17.6 Å². The summed E-state index contributed by atoms with van der Waals surface area (Å²) in [5.74, 6) is 0.305. The van der Waals surface area contributed by atoms with E-state index in [-0.39, 0.29) is 0 Å². The molecule has 106 valence electrons. The Morgan fingerprint density at radius 3 is 2.75 bits per heavy atom. The van der Waals surface area contributed by atoms with Crippen LogP contribution in [0.25, 0.3) is 10.8 Å². The molecule has 0 amide bonds. The molecule has 20 heavy (non-hydrogen) atoms. The molecule has 2 aromatic carbocycles. The summed E-state index contributed by atoms with van der Waals surface area (Å²) in [6.45, 7) is 1.80. The Bertz CT molecular complexity index is 575. The van der Waals surface area contributed by atoms with Crippen molar-refractivity contribution in [3.63, 3.8) is 0 Å². The highest BCUT2D eigenvalue weighted by Crippen LogP contribution is 2.18. The normalized spacial score (nSPS) is 11.9. The molecule has 0 aromatic heterocycles. The van der Waals surface area contributed by atoms with Crippen molar-refractivity contribution in [1.29, 1.82) is 0 Å². The second kappa shape index (κ2) is 7.50. The number of nitrogens with zero attached hydrogens (tertiary/aromatic N) is 1. The maximum atomic E-state index is 8.43. The van der Waals surface area contributed by atoms with Gasteiger partial charge in [-0.3, -0.25) is 0 Å². The van der Waals surface area contributed by atoms with Crippen molar-refractivity contribution in [3.05, 3.63) is 48.0 Å². The summed E-state index contributed by atoms with van der Waals surface area (Å²) in [6.07, 6.45) is 2.59. The first-order valence-electron chi connectivity index (χ1n) is 6.95. The Balaban J connectivity index is 1.79. The molecule has 0 fully saturated rings. The zero-order valence-electron chi connectivity index (χ0n) is 11.5. The molecule has 0 atom stereocenters. The summed E-state index contributed by atoms with van der Waals surface area (Å²) >= 11 is 0. The van der Waals surface area contributed by atoms with Gasteiger partial charge in [-0.2, -0.15) is 0 Å². The minimum atomic E-state index is 0.305. The molecule has 0 spiro atoms. The van der Waals surface area contributed by atoms with Gasteiger partial charge < -0.3 is 16.3 Å². The van der Waals surface area contributed by atoms with Gasteiger partial charge in [-0.05, 0) is 35.7 Å². The molecule has 0 aliphatic carbocycles. The molecule has 0 radical (unpaired) electrons. The Morgan fingerprint density at radius 2 is 1.90 bits per heavy atom. The van der Waals surface area contributed by atoms with Crippen LogP contribution in [0.4, 0.5) is 0 Å². The SMILES string of the molecule is NC(CCCCNCc1cccc2ccccc12)=NO. The Kier molecular flexibility index (Phi) is 5.38. The minimum Gasteiger partial charge on any atom is -0.409 e. The number of nitrogens with one attached hydrogen (secondary N) is 1. The van der Waals surface area contributed by atoms with Gasteiger partial charge in [-0.25, -0.2) is 0 Å². The third-order valence-electron chi connectivity index (χ3n) is 3.36. The molecule has 4 N–H and O–H groups in total. The quantitative estimate of drug-likeness (QED) is 0.238. The van der Waals surface area contributed by atoms with E-state index in [1.807, 2.05) is 0 Å². The molecule has 2 aromatic rings. The summed E-state index contributed by atoms with van der Waals surface area (Å²) in [7, 11) is 0. The second-order valence-corrected chi connectivity index (χ2v) is 4.86. The molecule has 2 rings (SSSR count). The lowest BCUT2D eigenvalue weighted by atomic mass is 10.0. The molecule has 0 unspecified atom stereocenters. The summed E-state index contributed by atoms with van der Waals surface area (Å²) in [4.78, 5) is 0. The number of fused-ring (bicyclic) bond motifs is 1. The van der Waals surface area contributed by atoms with E-state index in [1.165, 1.54) is 16.3 Å². The molecule has 0 aliphatic rings. The van der Waals surface area contributed by atoms with Gasteiger partial charge in [0.15, 0.2) is 0 Å². The first-order valence-corrected chi connectivity index (χ1v) is 6.95. The van der Waals surface area contributed by atoms with Crippen molar-refractivity contribution in [3.8, 4) is 0 Å². The average molecular weight is 271 g/mol. The standard InChI is InChI=1S/C16H21N3O/c17-16(19-20)10-3-4-11-18-12-14-8-5-7-13-6-1-2-9-15(13)14/h1-2,5-9,18,20H,3-4,10-12H2,(H2,17,19). The number of amidine groups is 1. The number of benzene rings is 2. The van der Waals surface area contributed by atoms with Gasteiger partial charge >= 0.3 is 0 Å². The summed E-state index contributed by atoms with van der Waals surface area (Å²) in [6, 6.07) is 14.8.